The summed E-state index contributed by atoms with van der Waals surface area (Å²) in [5, 5.41) is 11.7. The monoisotopic (exact) mass is 345 g/mol. The molecule has 0 spiro atoms. The summed E-state index contributed by atoms with van der Waals surface area (Å²) in [6.45, 7) is 4.31. The first-order chi connectivity index (χ1) is 11.0. The maximum Gasteiger partial charge on any atom is 0.320 e. The van der Waals surface area contributed by atoms with Crippen LogP contribution in [0.15, 0.2) is 12.1 Å². The van der Waals surface area contributed by atoms with Gasteiger partial charge in [-0.15, -0.1) is 0 Å². The van der Waals surface area contributed by atoms with E-state index < -0.39 is 58.4 Å². The molecule has 132 valence electrons. The van der Waals surface area contributed by atoms with Crippen LogP contribution in [-0.2, 0) is 19.7 Å². The second-order valence-electron chi connectivity index (χ2n) is 6.78. The van der Waals surface area contributed by atoms with Gasteiger partial charge in [0.15, 0.2) is 11.6 Å². The second kappa shape index (κ2) is 6.08. The van der Waals surface area contributed by atoms with Gasteiger partial charge in [-0.2, -0.15) is 0 Å². The molecular formula is C16H18F3NO4. The Labute approximate surface area is 136 Å². The van der Waals surface area contributed by atoms with Crippen molar-refractivity contribution in [2.45, 2.75) is 44.2 Å². The minimum Gasteiger partial charge on any atom is -0.480 e. The summed E-state index contributed by atoms with van der Waals surface area (Å²) >= 11 is 0. The molecule has 0 bridgehead atoms. The molecule has 1 aliphatic rings. The van der Waals surface area contributed by atoms with E-state index in [0.29, 0.717) is 12.1 Å². The molecule has 0 aliphatic carbocycles. The van der Waals surface area contributed by atoms with Crippen molar-refractivity contribution < 1.29 is 32.6 Å². The Balaban J connectivity index is 2.60. The molecule has 0 aromatic heterocycles. The minimum atomic E-state index is -1.97. The molecule has 0 amide bonds. The van der Waals surface area contributed by atoms with Crippen molar-refractivity contribution in [3.63, 3.8) is 0 Å². The number of esters is 1. The number of rotatable bonds is 3. The Bertz CT molecular complexity index is 687. The number of carbonyl (C=O) groups excluding carboxylic acids is 1. The van der Waals surface area contributed by atoms with Crippen LogP contribution in [0.5, 0.6) is 0 Å². The van der Waals surface area contributed by atoms with Crippen LogP contribution in [-0.4, -0.2) is 35.2 Å². The minimum absolute atomic E-state index is 0.379. The third-order valence-corrected chi connectivity index (χ3v) is 3.81. The first kappa shape index (κ1) is 18.3. The highest BCUT2D eigenvalue weighted by molar-refractivity contribution is 5.87. The summed E-state index contributed by atoms with van der Waals surface area (Å²) in [4.78, 5) is 23.8. The van der Waals surface area contributed by atoms with Gasteiger partial charge in [-0.1, -0.05) is 0 Å². The van der Waals surface area contributed by atoms with Crippen LogP contribution in [0.4, 0.5) is 13.2 Å². The van der Waals surface area contributed by atoms with Crippen LogP contribution in [0, 0.1) is 17.5 Å². The summed E-state index contributed by atoms with van der Waals surface area (Å²) in [6.07, 6.45) is -0.450. The fraction of sp³-hybridized carbons (Fsp3) is 0.500. The van der Waals surface area contributed by atoms with Crippen LogP contribution in [0.2, 0.25) is 0 Å². The van der Waals surface area contributed by atoms with Gasteiger partial charge < -0.3 is 15.2 Å². The number of benzene rings is 1. The molecule has 2 rings (SSSR count). The molecule has 1 heterocycles. The number of hydrogen-bond acceptors (Lipinski definition) is 4. The molecule has 2 atom stereocenters. The lowest BCUT2D eigenvalue weighted by Gasteiger charge is -2.31. The molecule has 1 unspecified atom stereocenters. The van der Waals surface area contributed by atoms with Gasteiger partial charge in [0.2, 0.25) is 0 Å². The van der Waals surface area contributed by atoms with Gasteiger partial charge in [-0.05, 0) is 39.3 Å². The number of carboxylic acid groups (broad SMARTS) is 1. The summed E-state index contributed by atoms with van der Waals surface area (Å²) in [5.74, 6) is -6.26. The standard InChI is InChI=1S/C16H18F3NO4/c1-15(2,3)24-14(23)16(6-10(13(21)22)20-7-16)11-8(17)4-5-9(18)12(11)19/h4-5,10,20H,6-7H2,1-3H3,(H,21,22)/t10?,16-/m0/s1. The maximum atomic E-state index is 14.3. The van der Waals surface area contributed by atoms with Crippen LogP contribution in [0.3, 0.4) is 0 Å². The number of aliphatic carboxylic acids is 1. The number of carbonyl (C=O) groups is 2. The van der Waals surface area contributed by atoms with Crippen molar-refractivity contribution in [2.24, 2.45) is 0 Å². The summed E-state index contributed by atoms with van der Waals surface area (Å²) in [6, 6.07) is 0.0988. The summed E-state index contributed by atoms with van der Waals surface area (Å²) in [5.41, 5.74) is -3.74. The fourth-order valence-electron chi connectivity index (χ4n) is 2.75. The van der Waals surface area contributed by atoms with Crippen molar-refractivity contribution in [3.05, 3.63) is 35.1 Å². The second-order valence-corrected chi connectivity index (χ2v) is 6.78. The number of ether oxygens (including phenoxy) is 1. The molecule has 5 nitrogen and oxygen atoms in total. The van der Waals surface area contributed by atoms with Gasteiger partial charge in [0, 0.05) is 12.1 Å². The smallest absolute Gasteiger partial charge is 0.320 e. The molecule has 1 saturated heterocycles. The van der Waals surface area contributed by atoms with E-state index >= 15 is 0 Å². The van der Waals surface area contributed by atoms with Gasteiger partial charge in [0.25, 0.3) is 0 Å². The molecule has 1 aromatic rings. The van der Waals surface area contributed by atoms with E-state index in [0.717, 1.165) is 0 Å². The van der Waals surface area contributed by atoms with Crippen molar-refractivity contribution in [1.82, 2.24) is 5.32 Å². The van der Waals surface area contributed by atoms with E-state index in [1.54, 1.807) is 20.8 Å². The van der Waals surface area contributed by atoms with E-state index in [2.05, 4.69) is 5.32 Å². The highest BCUT2D eigenvalue weighted by atomic mass is 19.2. The van der Waals surface area contributed by atoms with E-state index in [-0.39, 0.29) is 6.54 Å². The Kier molecular flexibility index (Phi) is 4.63. The van der Waals surface area contributed by atoms with Crippen LogP contribution >= 0.6 is 0 Å². The third-order valence-electron chi connectivity index (χ3n) is 3.81. The normalized spacial score (nSPS) is 24.0. The van der Waals surface area contributed by atoms with E-state index in [9.17, 15) is 22.8 Å². The third kappa shape index (κ3) is 3.24. The number of nitrogens with one attached hydrogen (secondary N) is 1. The topological polar surface area (TPSA) is 75.6 Å². The van der Waals surface area contributed by atoms with E-state index in [4.69, 9.17) is 9.84 Å². The average Bonchev–Trinajstić information content (AvgIpc) is 2.88. The van der Waals surface area contributed by atoms with Crippen molar-refractivity contribution in [1.29, 1.82) is 0 Å². The first-order valence-electron chi connectivity index (χ1n) is 7.31. The maximum absolute atomic E-state index is 14.3. The molecule has 1 fully saturated rings. The van der Waals surface area contributed by atoms with Gasteiger partial charge >= 0.3 is 11.9 Å². The lowest BCUT2D eigenvalue weighted by atomic mass is 9.77. The summed E-state index contributed by atoms with van der Waals surface area (Å²) < 4.78 is 47.4. The molecule has 1 aliphatic heterocycles. The average molecular weight is 345 g/mol. The highest BCUT2D eigenvalue weighted by Crippen LogP contribution is 2.39. The SMILES string of the molecule is CC(C)(C)OC(=O)[C@]1(c2c(F)ccc(F)c2F)CNC(C(=O)O)C1. The van der Waals surface area contributed by atoms with Gasteiger partial charge in [0.05, 0.1) is 0 Å². The quantitative estimate of drug-likeness (QED) is 0.648. The molecule has 0 radical (unpaired) electrons. The van der Waals surface area contributed by atoms with Crippen molar-refractivity contribution in [3.8, 4) is 0 Å². The predicted molar refractivity (Wildman–Crippen MR) is 77.9 cm³/mol. The van der Waals surface area contributed by atoms with Gasteiger partial charge in [0.1, 0.15) is 22.9 Å². The predicted octanol–water partition coefficient (Wildman–Crippen LogP) is 2.13. The lowest BCUT2D eigenvalue weighted by molar-refractivity contribution is -0.161. The Morgan fingerprint density at radius 2 is 1.83 bits per heavy atom. The van der Waals surface area contributed by atoms with Crippen LogP contribution in [0.1, 0.15) is 32.8 Å². The van der Waals surface area contributed by atoms with Gasteiger partial charge in [-0.25, -0.2) is 13.2 Å². The molecule has 0 saturated carbocycles. The Morgan fingerprint density at radius 1 is 1.25 bits per heavy atom. The highest BCUT2D eigenvalue weighted by Gasteiger charge is 2.53. The fourth-order valence-corrected chi connectivity index (χ4v) is 2.75. The zero-order chi connectivity index (χ0) is 18.3. The largest absolute Gasteiger partial charge is 0.480 e. The molecule has 24 heavy (non-hydrogen) atoms. The van der Waals surface area contributed by atoms with E-state index in [1.807, 2.05) is 0 Å². The van der Waals surface area contributed by atoms with Crippen molar-refractivity contribution >= 4 is 11.9 Å². The van der Waals surface area contributed by atoms with Gasteiger partial charge in [-0.3, -0.25) is 9.59 Å². The zero-order valence-electron chi connectivity index (χ0n) is 13.5. The Morgan fingerprint density at radius 3 is 2.33 bits per heavy atom. The first-order valence-corrected chi connectivity index (χ1v) is 7.31. The van der Waals surface area contributed by atoms with E-state index in [1.165, 1.54) is 0 Å². The molecule has 1 aromatic carbocycles. The van der Waals surface area contributed by atoms with Crippen LogP contribution < -0.4 is 5.32 Å². The molecule has 2 N–H and O–H groups in total. The Hall–Kier alpha value is -2.09. The lowest BCUT2D eigenvalue weighted by Crippen LogP contribution is -2.44. The van der Waals surface area contributed by atoms with Crippen molar-refractivity contribution in [2.75, 3.05) is 6.54 Å². The summed E-state index contributed by atoms with van der Waals surface area (Å²) in [7, 11) is 0. The number of halogens is 3. The molecular weight excluding hydrogens is 327 g/mol. The molecule has 8 heteroatoms. The number of carboxylic acids is 1. The zero-order valence-corrected chi connectivity index (χ0v) is 13.5. The van der Waals surface area contributed by atoms with Crippen LogP contribution in [0.25, 0.3) is 0 Å². The number of hydrogen-bond donors (Lipinski definition) is 2.